The number of nitrogens with zero attached hydrogens (tertiary/aromatic N) is 1. The van der Waals surface area contributed by atoms with E-state index in [1.54, 1.807) is 6.07 Å². The van der Waals surface area contributed by atoms with Crippen molar-refractivity contribution in [2.75, 3.05) is 7.05 Å². The summed E-state index contributed by atoms with van der Waals surface area (Å²) in [5, 5.41) is 14.3. The summed E-state index contributed by atoms with van der Waals surface area (Å²) >= 11 is 6.06. The number of nitro groups is 1. The van der Waals surface area contributed by atoms with Gasteiger partial charge in [-0.05, 0) is 19.5 Å². The Labute approximate surface area is 123 Å². The second kappa shape index (κ2) is 5.58. The minimum atomic E-state index is -0.466. The lowest BCUT2D eigenvalue weighted by Crippen LogP contribution is -2.62. The fourth-order valence-corrected chi connectivity index (χ4v) is 2.99. The lowest BCUT2D eigenvalue weighted by atomic mass is 9.61. The van der Waals surface area contributed by atoms with Gasteiger partial charge < -0.3 is 10.1 Å². The second-order valence-electron chi connectivity index (χ2n) is 5.41. The molecule has 20 heavy (non-hydrogen) atoms. The maximum Gasteiger partial charge on any atom is 0.271 e. The monoisotopic (exact) mass is 298 g/mol. The number of hydrogen-bond acceptors (Lipinski definition) is 4. The molecule has 1 aliphatic rings. The molecule has 0 spiro atoms. The van der Waals surface area contributed by atoms with Crippen molar-refractivity contribution in [1.29, 1.82) is 0 Å². The first-order valence-electron chi connectivity index (χ1n) is 6.70. The number of non-ortho nitro benzene ring substituents is 1. The molecule has 3 unspecified atom stereocenters. The van der Waals surface area contributed by atoms with Crippen LogP contribution >= 0.6 is 11.6 Å². The van der Waals surface area contributed by atoms with Gasteiger partial charge >= 0.3 is 0 Å². The summed E-state index contributed by atoms with van der Waals surface area (Å²) in [6.07, 6.45) is 1.98. The van der Waals surface area contributed by atoms with Crippen LogP contribution in [-0.4, -0.2) is 24.1 Å². The first-order chi connectivity index (χ1) is 9.42. The van der Waals surface area contributed by atoms with Gasteiger partial charge in [-0.2, -0.15) is 0 Å². The average Bonchev–Trinajstić information content (AvgIpc) is 2.43. The van der Waals surface area contributed by atoms with Crippen LogP contribution in [0.25, 0.3) is 0 Å². The molecule has 0 heterocycles. The molecule has 110 valence electrons. The van der Waals surface area contributed by atoms with Gasteiger partial charge in [0.15, 0.2) is 0 Å². The van der Waals surface area contributed by atoms with Crippen molar-refractivity contribution < 1.29 is 9.66 Å². The van der Waals surface area contributed by atoms with Gasteiger partial charge in [-0.3, -0.25) is 10.1 Å². The lowest BCUT2D eigenvalue weighted by Gasteiger charge is -2.53. The molecule has 0 aromatic heterocycles. The quantitative estimate of drug-likeness (QED) is 0.668. The fraction of sp³-hybridized carbons (Fsp3) is 0.571. The van der Waals surface area contributed by atoms with E-state index >= 15 is 0 Å². The van der Waals surface area contributed by atoms with Gasteiger partial charge in [-0.25, -0.2) is 0 Å². The molecule has 0 amide bonds. The Morgan fingerprint density at radius 3 is 2.80 bits per heavy atom. The van der Waals surface area contributed by atoms with E-state index in [9.17, 15) is 10.1 Å². The number of benzene rings is 1. The number of halogens is 1. The highest BCUT2D eigenvalue weighted by molar-refractivity contribution is 6.32. The lowest BCUT2D eigenvalue weighted by molar-refractivity contribution is -0.384. The van der Waals surface area contributed by atoms with Crippen molar-refractivity contribution >= 4 is 17.3 Å². The highest BCUT2D eigenvalue weighted by atomic mass is 35.5. The van der Waals surface area contributed by atoms with Crippen LogP contribution in [0.1, 0.15) is 26.7 Å². The molecule has 1 fully saturated rings. The first kappa shape index (κ1) is 15.1. The van der Waals surface area contributed by atoms with E-state index in [2.05, 4.69) is 19.2 Å². The molecular weight excluding hydrogens is 280 g/mol. The Balaban J connectivity index is 2.13. The zero-order chi connectivity index (χ0) is 14.9. The second-order valence-corrected chi connectivity index (χ2v) is 5.82. The van der Waals surface area contributed by atoms with Crippen LogP contribution in [0.3, 0.4) is 0 Å². The molecule has 5 nitrogen and oxygen atoms in total. The standard InChI is InChI=1S/C14H19ClN2O3/c1-4-14(2)12(16-3)8-13(14)20-11-6-5-9(17(18)19)7-10(11)15/h5-7,12-13,16H,4,8H2,1-3H3. The predicted octanol–water partition coefficient (Wildman–Crippen LogP) is 3.40. The third-order valence-corrected chi connectivity index (χ3v) is 4.78. The molecule has 0 saturated heterocycles. The Morgan fingerprint density at radius 1 is 1.60 bits per heavy atom. The summed E-state index contributed by atoms with van der Waals surface area (Å²) in [5.41, 5.74) is 0.0298. The van der Waals surface area contributed by atoms with Crippen molar-refractivity contribution in [1.82, 2.24) is 5.32 Å². The van der Waals surface area contributed by atoms with Crippen LogP contribution in [0.4, 0.5) is 5.69 Å². The van der Waals surface area contributed by atoms with Crippen LogP contribution in [0.5, 0.6) is 5.75 Å². The van der Waals surface area contributed by atoms with E-state index in [4.69, 9.17) is 16.3 Å². The summed E-state index contributed by atoms with van der Waals surface area (Å²) < 4.78 is 5.96. The average molecular weight is 299 g/mol. The molecule has 1 aliphatic carbocycles. The summed E-state index contributed by atoms with van der Waals surface area (Å²) in [7, 11) is 1.95. The Morgan fingerprint density at radius 2 is 2.30 bits per heavy atom. The van der Waals surface area contributed by atoms with Gasteiger partial charge in [-0.1, -0.05) is 25.4 Å². The number of rotatable bonds is 5. The largest absolute Gasteiger partial charge is 0.488 e. The van der Waals surface area contributed by atoms with Crippen LogP contribution in [0.15, 0.2) is 18.2 Å². The zero-order valence-electron chi connectivity index (χ0n) is 11.9. The summed E-state index contributed by atoms with van der Waals surface area (Å²) in [5.74, 6) is 0.511. The molecule has 1 aromatic rings. The van der Waals surface area contributed by atoms with E-state index < -0.39 is 4.92 Å². The summed E-state index contributed by atoms with van der Waals surface area (Å²) in [6.45, 7) is 4.32. The van der Waals surface area contributed by atoms with E-state index in [0.717, 1.165) is 12.8 Å². The molecular formula is C14H19ClN2O3. The molecule has 0 aliphatic heterocycles. The van der Waals surface area contributed by atoms with Crippen molar-refractivity contribution in [3.8, 4) is 5.75 Å². The normalized spacial score (nSPS) is 28.8. The minimum absolute atomic E-state index is 0.0256. The van der Waals surface area contributed by atoms with E-state index in [0.29, 0.717) is 11.8 Å². The summed E-state index contributed by atoms with van der Waals surface area (Å²) in [6, 6.07) is 4.74. The smallest absolute Gasteiger partial charge is 0.271 e. The first-order valence-corrected chi connectivity index (χ1v) is 7.08. The zero-order valence-corrected chi connectivity index (χ0v) is 12.6. The van der Waals surface area contributed by atoms with Crippen molar-refractivity contribution in [3.05, 3.63) is 33.3 Å². The minimum Gasteiger partial charge on any atom is -0.488 e. The number of nitro benzene ring substituents is 1. The molecule has 6 heteroatoms. The van der Waals surface area contributed by atoms with Crippen molar-refractivity contribution in [3.63, 3.8) is 0 Å². The molecule has 1 aromatic carbocycles. The van der Waals surface area contributed by atoms with E-state index in [-0.39, 0.29) is 22.2 Å². The van der Waals surface area contributed by atoms with Crippen molar-refractivity contribution in [2.45, 2.75) is 38.8 Å². The fourth-order valence-electron chi connectivity index (χ4n) is 2.77. The molecule has 1 N–H and O–H groups in total. The number of ether oxygens (including phenoxy) is 1. The van der Waals surface area contributed by atoms with Gasteiger partial charge in [0, 0.05) is 30.0 Å². The molecule has 0 radical (unpaired) electrons. The highest BCUT2D eigenvalue weighted by Crippen LogP contribution is 2.46. The SMILES string of the molecule is CCC1(C)C(NC)CC1Oc1ccc([N+](=O)[O-])cc1Cl. The van der Waals surface area contributed by atoms with Gasteiger partial charge in [0.2, 0.25) is 0 Å². The third-order valence-electron chi connectivity index (χ3n) is 4.49. The van der Waals surface area contributed by atoms with Gasteiger partial charge in [0.25, 0.3) is 5.69 Å². The van der Waals surface area contributed by atoms with Gasteiger partial charge in [-0.15, -0.1) is 0 Å². The van der Waals surface area contributed by atoms with Crippen LogP contribution in [0.2, 0.25) is 5.02 Å². The van der Waals surface area contributed by atoms with Crippen LogP contribution in [-0.2, 0) is 0 Å². The maximum atomic E-state index is 10.7. The van der Waals surface area contributed by atoms with Crippen LogP contribution in [0, 0.1) is 15.5 Å². The Bertz CT molecular complexity index is 523. The molecule has 0 bridgehead atoms. The summed E-state index contributed by atoms with van der Waals surface area (Å²) in [4.78, 5) is 10.2. The third kappa shape index (κ3) is 2.47. The number of hydrogen-bond donors (Lipinski definition) is 1. The van der Waals surface area contributed by atoms with E-state index in [1.807, 2.05) is 7.05 Å². The Hall–Kier alpha value is -1.33. The maximum absolute atomic E-state index is 10.7. The number of nitrogens with one attached hydrogen (secondary N) is 1. The van der Waals surface area contributed by atoms with Gasteiger partial charge in [0.1, 0.15) is 11.9 Å². The van der Waals surface area contributed by atoms with Crippen LogP contribution < -0.4 is 10.1 Å². The van der Waals surface area contributed by atoms with Gasteiger partial charge in [0.05, 0.1) is 9.95 Å². The Kier molecular flexibility index (Phi) is 4.20. The van der Waals surface area contributed by atoms with E-state index in [1.165, 1.54) is 12.1 Å². The highest BCUT2D eigenvalue weighted by Gasteiger charge is 2.51. The topological polar surface area (TPSA) is 64.4 Å². The molecule has 2 rings (SSSR count). The molecule has 1 saturated carbocycles. The molecule has 3 atom stereocenters. The van der Waals surface area contributed by atoms with Crippen molar-refractivity contribution in [2.24, 2.45) is 5.41 Å². The predicted molar refractivity (Wildman–Crippen MR) is 78.4 cm³/mol.